The molecule has 0 fully saturated rings. The van der Waals surface area contributed by atoms with Gasteiger partial charge in [0.25, 0.3) is 0 Å². The van der Waals surface area contributed by atoms with Crippen molar-refractivity contribution in [2.75, 3.05) is 19.5 Å². The number of hydrogen-bond donors (Lipinski definition) is 1. The van der Waals surface area contributed by atoms with Crippen LogP contribution in [0.15, 0.2) is 6.07 Å². The Morgan fingerprint density at radius 3 is 2.85 bits per heavy atom. The molecule has 0 saturated heterocycles. The van der Waals surface area contributed by atoms with E-state index < -0.39 is 0 Å². The highest BCUT2D eigenvalue weighted by Crippen LogP contribution is 2.05. The van der Waals surface area contributed by atoms with Crippen LogP contribution in [0.2, 0.25) is 0 Å². The number of anilines is 1. The van der Waals surface area contributed by atoms with Gasteiger partial charge in [0.2, 0.25) is 0 Å². The minimum Gasteiger partial charge on any atom is -0.385 e. The molecule has 2 N–H and O–H groups in total. The second-order valence-corrected chi connectivity index (χ2v) is 3.13. The molecule has 0 aromatic carbocycles. The molecule has 0 spiro atoms. The first-order valence-electron chi connectivity index (χ1n) is 4.53. The van der Waals surface area contributed by atoms with E-state index in [1.54, 1.807) is 7.11 Å². The normalized spacial score (nSPS) is 10.6. The van der Waals surface area contributed by atoms with Gasteiger partial charge in [0.1, 0.15) is 5.82 Å². The average molecular weight is 183 g/mol. The van der Waals surface area contributed by atoms with Crippen molar-refractivity contribution in [1.82, 2.24) is 9.78 Å². The van der Waals surface area contributed by atoms with Gasteiger partial charge >= 0.3 is 0 Å². The molecule has 0 saturated carbocycles. The van der Waals surface area contributed by atoms with Crippen LogP contribution in [0.25, 0.3) is 0 Å². The Hall–Kier alpha value is -1.03. The molecule has 4 heteroatoms. The van der Waals surface area contributed by atoms with Gasteiger partial charge in [-0.25, -0.2) is 0 Å². The van der Waals surface area contributed by atoms with Gasteiger partial charge in [0, 0.05) is 32.0 Å². The maximum absolute atomic E-state index is 5.55. The molecule has 1 rings (SSSR count). The van der Waals surface area contributed by atoms with Gasteiger partial charge in [-0.05, 0) is 19.8 Å². The molecule has 1 aromatic heterocycles. The molecule has 0 unspecified atom stereocenters. The topological polar surface area (TPSA) is 53.1 Å². The summed E-state index contributed by atoms with van der Waals surface area (Å²) in [6, 6.07) is 1.89. The van der Waals surface area contributed by atoms with Crippen molar-refractivity contribution >= 4 is 5.82 Å². The summed E-state index contributed by atoms with van der Waals surface area (Å²) in [4.78, 5) is 0. The van der Waals surface area contributed by atoms with E-state index in [0.29, 0.717) is 5.82 Å². The molecule has 1 aromatic rings. The third kappa shape index (κ3) is 3.06. The summed E-state index contributed by atoms with van der Waals surface area (Å²) in [6.07, 6.45) is 2.14. The molecule has 0 bridgehead atoms. The Morgan fingerprint density at radius 2 is 2.31 bits per heavy atom. The first-order chi connectivity index (χ1) is 6.24. The van der Waals surface area contributed by atoms with E-state index in [2.05, 4.69) is 5.10 Å². The van der Waals surface area contributed by atoms with Gasteiger partial charge in [0.15, 0.2) is 0 Å². The molecule has 13 heavy (non-hydrogen) atoms. The van der Waals surface area contributed by atoms with Crippen molar-refractivity contribution in [1.29, 1.82) is 0 Å². The summed E-state index contributed by atoms with van der Waals surface area (Å²) in [7, 11) is 1.72. The van der Waals surface area contributed by atoms with Crippen LogP contribution >= 0.6 is 0 Å². The summed E-state index contributed by atoms with van der Waals surface area (Å²) < 4.78 is 6.90. The smallest absolute Gasteiger partial charge is 0.145 e. The van der Waals surface area contributed by atoms with Gasteiger partial charge in [-0.2, -0.15) is 5.10 Å². The fourth-order valence-corrected chi connectivity index (χ4v) is 1.27. The number of nitrogens with two attached hydrogens (primary N) is 1. The molecule has 0 amide bonds. The summed E-state index contributed by atoms with van der Waals surface area (Å²) >= 11 is 0. The van der Waals surface area contributed by atoms with Gasteiger partial charge in [0.05, 0.1) is 0 Å². The number of hydrogen-bond acceptors (Lipinski definition) is 3. The maximum atomic E-state index is 5.55. The molecule has 1 heterocycles. The Balaban J connectivity index is 2.32. The van der Waals surface area contributed by atoms with Gasteiger partial charge in [-0.3, -0.25) is 4.68 Å². The van der Waals surface area contributed by atoms with Gasteiger partial charge < -0.3 is 10.5 Å². The van der Waals surface area contributed by atoms with Crippen molar-refractivity contribution in [2.45, 2.75) is 26.3 Å². The first-order valence-corrected chi connectivity index (χ1v) is 4.53. The number of nitrogen functional groups attached to an aromatic ring is 1. The second-order valence-electron chi connectivity index (χ2n) is 3.13. The molecule has 0 atom stereocenters. The van der Waals surface area contributed by atoms with Crippen LogP contribution in [-0.4, -0.2) is 23.5 Å². The highest BCUT2D eigenvalue weighted by atomic mass is 16.5. The molecule has 0 radical (unpaired) electrons. The van der Waals surface area contributed by atoms with E-state index >= 15 is 0 Å². The van der Waals surface area contributed by atoms with Crippen molar-refractivity contribution in [3.05, 3.63) is 11.8 Å². The predicted molar refractivity (Wildman–Crippen MR) is 52.5 cm³/mol. The molecule has 0 aliphatic heterocycles. The Kier molecular flexibility index (Phi) is 3.76. The van der Waals surface area contributed by atoms with E-state index in [1.165, 1.54) is 0 Å². The molecular formula is C9H17N3O. The highest BCUT2D eigenvalue weighted by molar-refractivity contribution is 5.28. The van der Waals surface area contributed by atoms with Crippen LogP contribution < -0.4 is 5.73 Å². The maximum Gasteiger partial charge on any atom is 0.145 e. The van der Waals surface area contributed by atoms with E-state index in [1.807, 2.05) is 17.7 Å². The Morgan fingerprint density at radius 1 is 1.54 bits per heavy atom. The van der Waals surface area contributed by atoms with E-state index in [-0.39, 0.29) is 0 Å². The van der Waals surface area contributed by atoms with Crippen LogP contribution in [-0.2, 0) is 11.3 Å². The number of rotatable bonds is 5. The lowest BCUT2D eigenvalue weighted by Crippen LogP contribution is -2.03. The standard InChI is InChI=1S/C9H17N3O/c1-8-7-9(10)11-12(8)5-3-4-6-13-2/h7H,3-6H2,1-2H3,(H2,10,11). The van der Waals surface area contributed by atoms with Crippen molar-refractivity contribution in [2.24, 2.45) is 0 Å². The highest BCUT2D eigenvalue weighted by Gasteiger charge is 1.99. The van der Waals surface area contributed by atoms with Crippen LogP contribution in [0, 0.1) is 6.92 Å². The fourth-order valence-electron chi connectivity index (χ4n) is 1.27. The number of aryl methyl sites for hydroxylation is 2. The van der Waals surface area contributed by atoms with Crippen LogP contribution in [0.1, 0.15) is 18.5 Å². The number of methoxy groups -OCH3 is 1. The molecule has 0 aliphatic rings. The first kappa shape index (κ1) is 10.1. The summed E-state index contributed by atoms with van der Waals surface area (Å²) in [6.45, 7) is 3.75. The Labute approximate surface area is 78.7 Å². The molecule has 74 valence electrons. The van der Waals surface area contributed by atoms with Gasteiger partial charge in [-0.1, -0.05) is 0 Å². The number of ether oxygens (including phenoxy) is 1. The average Bonchev–Trinajstić information content (AvgIpc) is 2.39. The van der Waals surface area contributed by atoms with Crippen LogP contribution in [0.3, 0.4) is 0 Å². The predicted octanol–water partition coefficient (Wildman–Crippen LogP) is 1.20. The van der Waals surface area contributed by atoms with E-state index in [0.717, 1.165) is 31.7 Å². The monoisotopic (exact) mass is 183 g/mol. The Bertz CT molecular complexity index is 257. The number of unbranched alkanes of at least 4 members (excludes halogenated alkanes) is 1. The second kappa shape index (κ2) is 4.87. The zero-order valence-corrected chi connectivity index (χ0v) is 8.29. The number of nitrogens with zero attached hydrogens (tertiary/aromatic N) is 2. The summed E-state index contributed by atoms with van der Waals surface area (Å²) in [5, 5.41) is 4.16. The van der Waals surface area contributed by atoms with Crippen LogP contribution in [0.5, 0.6) is 0 Å². The third-order valence-corrected chi connectivity index (χ3v) is 1.97. The number of aromatic nitrogens is 2. The SMILES string of the molecule is COCCCCn1nc(N)cc1C. The summed E-state index contributed by atoms with van der Waals surface area (Å²) in [5.74, 6) is 0.601. The molecule has 4 nitrogen and oxygen atoms in total. The minimum atomic E-state index is 0.601. The van der Waals surface area contributed by atoms with Crippen molar-refractivity contribution in [3.63, 3.8) is 0 Å². The fraction of sp³-hybridized carbons (Fsp3) is 0.667. The molecular weight excluding hydrogens is 166 g/mol. The van der Waals surface area contributed by atoms with Crippen LogP contribution in [0.4, 0.5) is 5.82 Å². The lowest BCUT2D eigenvalue weighted by molar-refractivity contribution is 0.191. The lowest BCUT2D eigenvalue weighted by atomic mass is 10.3. The molecule has 0 aliphatic carbocycles. The largest absolute Gasteiger partial charge is 0.385 e. The van der Waals surface area contributed by atoms with E-state index in [4.69, 9.17) is 10.5 Å². The quantitative estimate of drug-likeness (QED) is 0.698. The van der Waals surface area contributed by atoms with Crippen molar-refractivity contribution < 1.29 is 4.74 Å². The van der Waals surface area contributed by atoms with Gasteiger partial charge in [-0.15, -0.1) is 0 Å². The third-order valence-electron chi connectivity index (χ3n) is 1.97. The zero-order valence-electron chi connectivity index (χ0n) is 8.29. The summed E-state index contributed by atoms with van der Waals surface area (Å²) in [5.41, 5.74) is 6.67. The minimum absolute atomic E-state index is 0.601. The zero-order chi connectivity index (χ0) is 9.68. The van der Waals surface area contributed by atoms with E-state index in [9.17, 15) is 0 Å². The lowest BCUT2D eigenvalue weighted by Gasteiger charge is -2.03. The van der Waals surface area contributed by atoms with Crippen molar-refractivity contribution in [3.8, 4) is 0 Å².